The van der Waals surface area contributed by atoms with Crippen LogP contribution in [0.15, 0.2) is 0 Å². The Morgan fingerprint density at radius 1 is 0.382 bits per heavy atom. The van der Waals surface area contributed by atoms with Crippen LogP contribution in [-0.4, -0.2) is 17.5 Å². The van der Waals surface area contributed by atoms with Crippen LogP contribution in [0.1, 0.15) is 194 Å². The van der Waals surface area contributed by atoms with Crippen molar-refractivity contribution < 1.29 is 4.74 Å². The summed E-state index contributed by atoms with van der Waals surface area (Å²) < 4.78 is 1.21. The molecule has 0 aromatic rings. The van der Waals surface area contributed by atoms with Gasteiger partial charge in [0.1, 0.15) is 0 Å². The smallest absolute Gasteiger partial charge is 0.153 e. The van der Waals surface area contributed by atoms with E-state index in [1.54, 1.807) is 0 Å². The van der Waals surface area contributed by atoms with Crippen LogP contribution in [0.2, 0.25) is 0 Å². The van der Waals surface area contributed by atoms with Crippen LogP contribution in [0.3, 0.4) is 0 Å². The van der Waals surface area contributed by atoms with Gasteiger partial charge in [0.15, 0.2) is 12.8 Å². The van der Waals surface area contributed by atoms with Gasteiger partial charge >= 0.3 is 0 Å². The lowest BCUT2D eigenvalue weighted by molar-refractivity contribution is -0.454. The molecule has 0 spiro atoms. The zero-order chi connectivity index (χ0) is 24.8. The van der Waals surface area contributed by atoms with Gasteiger partial charge in [0, 0.05) is 12.8 Å². The predicted octanol–water partition coefficient (Wildman–Crippen LogP) is 11.5. The molecule has 0 heterocycles. The number of nitrogens with zero attached hydrogens (tertiary/aromatic N) is 1. The maximum atomic E-state index is 11.9. The van der Waals surface area contributed by atoms with Crippen LogP contribution in [0.4, 0.5) is 0 Å². The normalized spacial score (nSPS) is 12.0. The summed E-state index contributed by atoms with van der Waals surface area (Å²) in [5, 5.41) is 11.9. The van der Waals surface area contributed by atoms with Gasteiger partial charge < -0.3 is 5.21 Å². The Kier molecular flexibility index (Phi) is 30.0. The molecular weight excluding hydrogens is 414 g/mol. The molecule has 0 fully saturated rings. The highest BCUT2D eigenvalue weighted by molar-refractivity contribution is 5.50. The molecule has 0 bridgehead atoms. The average Bonchev–Trinajstić information content (AvgIpc) is 2.84. The molecule has 204 valence electrons. The molecule has 0 radical (unpaired) electrons. The van der Waals surface area contributed by atoms with Crippen molar-refractivity contribution in [2.24, 2.45) is 0 Å². The third-order valence-electron chi connectivity index (χ3n) is 7.37. The standard InChI is InChI=1S/C32H65NO/c1-3-5-7-9-11-13-15-17-19-21-23-25-27-29-31-33(34)32-30-28-26-24-22-20-18-16-14-12-10-8-6-4-2/h31H,3-30,32H2,1-2H3. The fourth-order valence-corrected chi connectivity index (χ4v) is 4.95. The summed E-state index contributed by atoms with van der Waals surface area (Å²) in [4.78, 5) is 0. The van der Waals surface area contributed by atoms with E-state index in [0.29, 0.717) is 6.54 Å². The molecule has 2 nitrogen and oxygen atoms in total. The lowest BCUT2D eigenvalue weighted by atomic mass is 10.0. The quantitative estimate of drug-likeness (QED) is 0.0344. The Hall–Kier alpha value is -0.530. The van der Waals surface area contributed by atoms with E-state index >= 15 is 0 Å². The minimum Gasteiger partial charge on any atom is -0.624 e. The Labute approximate surface area is 216 Å². The Bertz CT molecular complexity index is 392. The predicted molar refractivity (Wildman–Crippen MR) is 155 cm³/mol. The second-order valence-electron chi connectivity index (χ2n) is 11.0. The minimum atomic E-state index is 0.705. The van der Waals surface area contributed by atoms with Gasteiger partial charge in [-0.3, -0.25) is 0 Å². The van der Waals surface area contributed by atoms with Crippen molar-refractivity contribution in [1.29, 1.82) is 0 Å². The first-order valence-corrected chi connectivity index (χ1v) is 16.1. The van der Waals surface area contributed by atoms with Gasteiger partial charge in [-0.1, -0.05) is 168 Å². The number of hydroxylamine groups is 1. The summed E-state index contributed by atoms with van der Waals surface area (Å²) in [7, 11) is 0. The molecule has 0 amide bonds. The SMILES string of the molecule is CCCCCCCCCCCCCCCC=[N+]([O-])CCCCCCCCCCCCCCCC. The van der Waals surface area contributed by atoms with Crippen molar-refractivity contribution >= 4 is 6.21 Å². The molecule has 0 N–H and O–H groups in total. The van der Waals surface area contributed by atoms with E-state index in [-0.39, 0.29) is 0 Å². The lowest BCUT2D eigenvalue weighted by Crippen LogP contribution is -2.06. The molecule has 0 rings (SSSR count). The number of hydrogen-bond donors (Lipinski definition) is 0. The zero-order valence-corrected chi connectivity index (χ0v) is 23.9. The van der Waals surface area contributed by atoms with Gasteiger partial charge in [-0.2, -0.15) is 0 Å². The number of rotatable bonds is 29. The molecule has 0 aromatic heterocycles. The summed E-state index contributed by atoms with van der Waals surface area (Å²) in [5.41, 5.74) is 0. The summed E-state index contributed by atoms with van der Waals surface area (Å²) in [6.45, 7) is 5.28. The van der Waals surface area contributed by atoms with Gasteiger partial charge in [0.25, 0.3) is 0 Å². The van der Waals surface area contributed by atoms with Crippen molar-refractivity contribution in [3.63, 3.8) is 0 Å². The van der Waals surface area contributed by atoms with Crippen molar-refractivity contribution in [3.05, 3.63) is 5.21 Å². The van der Waals surface area contributed by atoms with Crippen LogP contribution < -0.4 is 0 Å². The lowest BCUT2D eigenvalue weighted by Gasteiger charge is -2.05. The second-order valence-corrected chi connectivity index (χ2v) is 11.0. The van der Waals surface area contributed by atoms with E-state index in [2.05, 4.69) is 13.8 Å². The van der Waals surface area contributed by atoms with E-state index in [1.807, 2.05) is 6.21 Å². The first-order chi connectivity index (χ1) is 16.8. The number of hydrogen-bond acceptors (Lipinski definition) is 1. The maximum absolute atomic E-state index is 11.9. The van der Waals surface area contributed by atoms with E-state index in [1.165, 1.54) is 172 Å². The average molecular weight is 480 g/mol. The van der Waals surface area contributed by atoms with Gasteiger partial charge in [-0.25, -0.2) is 4.74 Å². The Morgan fingerprint density at radius 2 is 0.647 bits per heavy atom. The molecular formula is C32H65NO. The monoisotopic (exact) mass is 480 g/mol. The fraction of sp³-hybridized carbons (Fsp3) is 0.969. The van der Waals surface area contributed by atoms with Crippen LogP contribution in [-0.2, 0) is 0 Å². The third-order valence-corrected chi connectivity index (χ3v) is 7.37. The molecule has 0 aliphatic carbocycles. The Balaban J connectivity index is 3.21. The first-order valence-electron chi connectivity index (χ1n) is 16.1. The van der Waals surface area contributed by atoms with Crippen LogP contribution in [0.25, 0.3) is 0 Å². The van der Waals surface area contributed by atoms with Crippen LogP contribution >= 0.6 is 0 Å². The van der Waals surface area contributed by atoms with E-state index < -0.39 is 0 Å². The number of unbranched alkanes of at least 4 members (excludes halogenated alkanes) is 26. The fourth-order valence-electron chi connectivity index (χ4n) is 4.95. The highest BCUT2D eigenvalue weighted by atomic mass is 16.5. The molecule has 0 aliphatic heterocycles. The molecule has 0 unspecified atom stereocenters. The van der Waals surface area contributed by atoms with Crippen molar-refractivity contribution in [3.8, 4) is 0 Å². The third kappa shape index (κ3) is 29.5. The van der Waals surface area contributed by atoms with E-state index in [4.69, 9.17) is 0 Å². The zero-order valence-electron chi connectivity index (χ0n) is 23.9. The molecule has 0 atom stereocenters. The molecule has 2 heteroatoms. The summed E-state index contributed by atoms with van der Waals surface area (Å²) in [6.07, 6.45) is 40.1. The highest BCUT2D eigenvalue weighted by Gasteiger charge is 1.98. The molecule has 0 saturated carbocycles. The van der Waals surface area contributed by atoms with E-state index in [9.17, 15) is 5.21 Å². The maximum Gasteiger partial charge on any atom is 0.153 e. The van der Waals surface area contributed by atoms with Crippen LogP contribution in [0, 0.1) is 5.21 Å². The Morgan fingerprint density at radius 3 is 0.971 bits per heavy atom. The molecule has 0 aromatic carbocycles. The summed E-state index contributed by atoms with van der Waals surface area (Å²) in [6, 6.07) is 0. The first kappa shape index (κ1) is 33.5. The van der Waals surface area contributed by atoms with Crippen molar-refractivity contribution in [1.82, 2.24) is 0 Å². The van der Waals surface area contributed by atoms with Gasteiger partial charge in [-0.15, -0.1) is 0 Å². The minimum absolute atomic E-state index is 0.705. The molecule has 34 heavy (non-hydrogen) atoms. The van der Waals surface area contributed by atoms with Crippen molar-refractivity contribution in [2.75, 3.05) is 6.54 Å². The largest absolute Gasteiger partial charge is 0.624 e. The van der Waals surface area contributed by atoms with Crippen molar-refractivity contribution in [2.45, 2.75) is 194 Å². The summed E-state index contributed by atoms with van der Waals surface area (Å²) in [5.74, 6) is 0. The summed E-state index contributed by atoms with van der Waals surface area (Å²) >= 11 is 0. The van der Waals surface area contributed by atoms with Crippen LogP contribution in [0.5, 0.6) is 0 Å². The topological polar surface area (TPSA) is 26.1 Å². The molecule has 0 aliphatic rings. The van der Waals surface area contributed by atoms with Gasteiger partial charge in [0.2, 0.25) is 0 Å². The van der Waals surface area contributed by atoms with E-state index in [0.717, 1.165) is 12.8 Å². The van der Waals surface area contributed by atoms with Gasteiger partial charge in [0.05, 0.1) is 0 Å². The molecule has 0 saturated heterocycles. The second kappa shape index (κ2) is 30.5. The van der Waals surface area contributed by atoms with Gasteiger partial charge in [-0.05, 0) is 12.8 Å². The highest BCUT2D eigenvalue weighted by Crippen LogP contribution is 2.14.